The summed E-state index contributed by atoms with van der Waals surface area (Å²) < 4.78 is 3.83. The third-order valence-corrected chi connectivity index (χ3v) is 8.38. The van der Waals surface area contributed by atoms with Crippen molar-refractivity contribution in [2.24, 2.45) is 0 Å². The topological polar surface area (TPSA) is 4.93 Å². The SMILES string of the molecule is c1ccc(-c2ccc(-n3c4ccc5ccccc5c4c4c5ccccc5c5ccsc5c43)cc2)cc1. The highest BCUT2D eigenvalue weighted by atomic mass is 32.1. The molecule has 0 spiro atoms. The number of rotatable bonds is 2. The zero-order valence-corrected chi connectivity index (χ0v) is 20.3. The minimum absolute atomic E-state index is 1.19. The van der Waals surface area contributed by atoms with E-state index in [-0.39, 0.29) is 0 Å². The van der Waals surface area contributed by atoms with Crippen LogP contribution in [0, 0.1) is 0 Å². The van der Waals surface area contributed by atoms with Gasteiger partial charge < -0.3 is 4.57 Å². The average Bonchev–Trinajstić information content (AvgIpc) is 3.57. The first-order valence-corrected chi connectivity index (χ1v) is 13.2. The second kappa shape index (κ2) is 7.55. The molecule has 0 amide bonds. The Balaban J connectivity index is 1.57. The Morgan fingerprint density at radius 3 is 2.00 bits per heavy atom. The Bertz CT molecular complexity index is 2080. The molecule has 2 aromatic heterocycles. The highest BCUT2D eigenvalue weighted by Gasteiger charge is 2.21. The number of hydrogen-bond donors (Lipinski definition) is 0. The van der Waals surface area contributed by atoms with Crippen molar-refractivity contribution in [3.8, 4) is 16.8 Å². The van der Waals surface area contributed by atoms with Gasteiger partial charge in [-0.1, -0.05) is 97.1 Å². The fraction of sp³-hybridized carbons (Fsp3) is 0. The van der Waals surface area contributed by atoms with Crippen LogP contribution in [-0.2, 0) is 0 Å². The van der Waals surface area contributed by atoms with E-state index < -0.39 is 0 Å². The Labute approximate surface area is 212 Å². The van der Waals surface area contributed by atoms with Crippen molar-refractivity contribution < 1.29 is 0 Å². The predicted molar refractivity (Wildman–Crippen MR) is 157 cm³/mol. The van der Waals surface area contributed by atoms with Gasteiger partial charge >= 0.3 is 0 Å². The molecular formula is C34H21NS. The maximum atomic E-state index is 2.48. The van der Waals surface area contributed by atoms with Crippen molar-refractivity contribution in [1.29, 1.82) is 0 Å². The van der Waals surface area contributed by atoms with E-state index in [1.54, 1.807) is 0 Å². The lowest BCUT2D eigenvalue weighted by molar-refractivity contribution is 1.19. The molecule has 0 aliphatic rings. The zero-order valence-electron chi connectivity index (χ0n) is 19.5. The van der Waals surface area contributed by atoms with Gasteiger partial charge in [-0.15, -0.1) is 11.3 Å². The molecule has 8 aromatic rings. The minimum atomic E-state index is 1.19. The standard InChI is InChI=1S/C34H21NS/c1-2-8-22(9-3-1)23-14-17-25(18-15-23)35-30-19-16-24-10-4-5-11-26(24)31(30)32-28-13-7-6-12-27(28)29-20-21-36-34(29)33(32)35/h1-21H. The molecule has 0 saturated carbocycles. The lowest BCUT2D eigenvalue weighted by Gasteiger charge is -2.11. The van der Waals surface area contributed by atoms with Gasteiger partial charge in [0, 0.05) is 21.8 Å². The van der Waals surface area contributed by atoms with Crippen LogP contribution in [0.5, 0.6) is 0 Å². The van der Waals surface area contributed by atoms with Crippen molar-refractivity contribution in [2.75, 3.05) is 0 Å². The Morgan fingerprint density at radius 2 is 1.17 bits per heavy atom. The van der Waals surface area contributed by atoms with Crippen molar-refractivity contribution in [3.05, 3.63) is 127 Å². The lowest BCUT2D eigenvalue weighted by atomic mass is 9.98. The van der Waals surface area contributed by atoms with E-state index >= 15 is 0 Å². The molecule has 168 valence electrons. The number of benzene rings is 6. The van der Waals surface area contributed by atoms with Crippen LogP contribution >= 0.6 is 11.3 Å². The second-order valence-corrected chi connectivity index (χ2v) is 10.3. The molecule has 1 nitrogen and oxygen atoms in total. The summed E-state index contributed by atoms with van der Waals surface area (Å²) in [5, 5.41) is 11.5. The molecular weight excluding hydrogens is 454 g/mol. The normalized spacial score (nSPS) is 11.9. The Kier molecular flexibility index (Phi) is 4.16. The third-order valence-electron chi connectivity index (χ3n) is 7.46. The summed E-state index contributed by atoms with van der Waals surface area (Å²) in [5.74, 6) is 0. The van der Waals surface area contributed by atoms with E-state index in [0.717, 1.165) is 0 Å². The average molecular weight is 476 g/mol. The van der Waals surface area contributed by atoms with Gasteiger partial charge in [0.1, 0.15) is 0 Å². The largest absolute Gasteiger partial charge is 0.308 e. The molecule has 0 aliphatic carbocycles. The highest BCUT2D eigenvalue weighted by Crippen LogP contribution is 2.46. The molecule has 0 aliphatic heterocycles. The maximum Gasteiger partial charge on any atom is 0.0726 e. The second-order valence-electron chi connectivity index (χ2n) is 9.36. The molecule has 0 saturated heterocycles. The summed E-state index contributed by atoms with van der Waals surface area (Å²) in [6, 6.07) is 44.1. The first-order chi connectivity index (χ1) is 17.9. The number of hydrogen-bond acceptors (Lipinski definition) is 1. The Morgan fingerprint density at radius 1 is 0.472 bits per heavy atom. The molecule has 0 radical (unpaired) electrons. The molecule has 8 rings (SSSR count). The number of fused-ring (bicyclic) bond motifs is 10. The molecule has 0 atom stereocenters. The monoisotopic (exact) mass is 475 g/mol. The van der Waals surface area contributed by atoms with Crippen LogP contribution in [0.4, 0.5) is 0 Å². The molecule has 6 aromatic carbocycles. The van der Waals surface area contributed by atoms with Crippen LogP contribution < -0.4 is 0 Å². The number of thiophene rings is 1. The van der Waals surface area contributed by atoms with Gasteiger partial charge in [-0.2, -0.15) is 0 Å². The third kappa shape index (κ3) is 2.71. The summed E-state index contributed by atoms with van der Waals surface area (Å²) >= 11 is 1.84. The summed E-state index contributed by atoms with van der Waals surface area (Å²) in [6.45, 7) is 0. The number of nitrogens with zero attached hydrogens (tertiary/aromatic N) is 1. The van der Waals surface area contributed by atoms with Crippen LogP contribution in [0.2, 0.25) is 0 Å². The van der Waals surface area contributed by atoms with Gasteiger partial charge in [-0.05, 0) is 62.3 Å². The van der Waals surface area contributed by atoms with Gasteiger partial charge in [0.2, 0.25) is 0 Å². The van der Waals surface area contributed by atoms with Gasteiger partial charge in [0.25, 0.3) is 0 Å². The molecule has 0 N–H and O–H groups in total. The van der Waals surface area contributed by atoms with Gasteiger partial charge in [-0.25, -0.2) is 0 Å². The van der Waals surface area contributed by atoms with Crippen molar-refractivity contribution in [3.63, 3.8) is 0 Å². The maximum absolute atomic E-state index is 2.48. The molecule has 2 heterocycles. The van der Waals surface area contributed by atoms with E-state index in [1.807, 2.05) is 11.3 Å². The first-order valence-electron chi connectivity index (χ1n) is 12.3. The van der Waals surface area contributed by atoms with Crippen molar-refractivity contribution >= 4 is 64.8 Å². The molecule has 0 fully saturated rings. The van der Waals surface area contributed by atoms with Crippen LogP contribution in [-0.4, -0.2) is 4.57 Å². The van der Waals surface area contributed by atoms with Crippen molar-refractivity contribution in [1.82, 2.24) is 4.57 Å². The lowest BCUT2D eigenvalue weighted by Crippen LogP contribution is -1.94. The molecule has 2 heteroatoms. The van der Waals surface area contributed by atoms with Gasteiger partial charge in [-0.3, -0.25) is 0 Å². The quantitative estimate of drug-likeness (QED) is 0.234. The minimum Gasteiger partial charge on any atom is -0.308 e. The van der Waals surface area contributed by atoms with Crippen LogP contribution in [0.1, 0.15) is 0 Å². The Hall–Kier alpha value is -4.40. The molecule has 0 unspecified atom stereocenters. The first kappa shape index (κ1) is 19.9. The van der Waals surface area contributed by atoms with Crippen LogP contribution in [0.15, 0.2) is 127 Å². The fourth-order valence-electron chi connectivity index (χ4n) is 5.88. The van der Waals surface area contributed by atoms with E-state index in [0.29, 0.717) is 0 Å². The van der Waals surface area contributed by atoms with Gasteiger partial charge in [0.05, 0.1) is 15.7 Å². The van der Waals surface area contributed by atoms with E-state index in [9.17, 15) is 0 Å². The van der Waals surface area contributed by atoms with E-state index in [1.165, 1.54) is 70.3 Å². The van der Waals surface area contributed by atoms with Crippen LogP contribution in [0.25, 0.3) is 70.3 Å². The summed E-state index contributed by atoms with van der Waals surface area (Å²) in [5.41, 5.74) is 6.22. The number of aromatic nitrogens is 1. The van der Waals surface area contributed by atoms with E-state index in [2.05, 4.69) is 131 Å². The fourth-order valence-corrected chi connectivity index (χ4v) is 6.83. The zero-order chi connectivity index (χ0) is 23.6. The summed E-state index contributed by atoms with van der Waals surface area (Å²) in [4.78, 5) is 0. The molecule has 36 heavy (non-hydrogen) atoms. The molecule has 0 bridgehead atoms. The van der Waals surface area contributed by atoms with Crippen molar-refractivity contribution in [2.45, 2.75) is 0 Å². The summed E-state index contributed by atoms with van der Waals surface area (Å²) in [6.07, 6.45) is 0. The summed E-state index contributed by atoms with van der Waals surface area (Å²) in [7, 11) is 0. The highest BCUT2D eigenvalue weighted by molar-refractivity contribution is 7.18. The van der Waals surface area contributed by atoms with Crippen LogP contribution in [0.3, 0.4) is 0 Å². The van der Waals surface area contributed by atoms with E-state index in [4.69, 9.17) is 0 Å². The smallest absolute Gasteiger partial charge is 0.0726 e. The predicted octanol–water partition coefficient (Wildman–Crippen LogP) is 9.97. The van der Waals surface area contributed by atoms with Gasteiger partial charge in [0.15, 0.2) is 0 Å².